The van der Waals surface area contributed by atoms with Crippen molar-refractivity contribution in [2.45, 2.75) is 64.8 Å². The van der Waals surface area contributed by atoms with Gasteiger partial charge in [-0.05, 0) is 33.6 Å². The van der Waals surface area contributed by atoms with Crippen molar-refractivity contribution in [2.75, 3.05) is 20.2 Å². The number of hydrogen-bond acceptors (Lipinski definition) is 5. The van der Waals surface area contributed by atoms with Gasteiger partial charge < -0.3 is 24.3 Å². The molecule has 2 heterocycles. The van der Waals surface area contributed by atoms with Crippen LogP contribution in [-0.2, 0) is 20.8 Å². The molecule has 1 aliphatic rings. The Balaban J connectivity index is 1.94. The van der Waals surface area contributed by atoms with Gasteiger partial charge in [0.25, 0.3) is 0 Å². The number of ether oxygens (including phenoxy) is 2. The molecule has 0 aromatic carbocycles. The van der Waals surface area contributed by atoms with Crippen LogP contribution in [0.1, 0.15) is 40.5 Å². The molecule has 0 spiro atoms. The Morgan fingerprint density at radius 1 is 1.37 bits per heavy atom. The van der Waals surface area contributed by atoms with Crippen LogP contribution >= 0.6 is 0 Å². The van der Waals surface area contributed by atoms with E-state index in [2.05, 4.69) is 10.3 Å². The molecule has 0 radical (unpaired) electrons. The van der Waals surface area contributed by atoms with Gasteiger partial charge >= 0.3 is 6.09 Å². The van der Waals surface area contributed by atoms with E-state index in [1.165, 1.54) is 0 Å². The van der Waals surface area contributed by atoms with E-state index in [0.717, 1.165) is 12.8 Å². The largest absolute Gasteiger partial charge is 0.444 e. The number of nitrogens with one attached hydrogen (secondary N) is 1. The molecule has 8 heteroatoms. The van der Waals surface area contributed by atoms with E-state index in [9.17, 15) is 9.59 Å². The minimum absolute atomic E-state index is 0.0852. The lowest BCUT2D eigenvalue weighted by atomic mass is 9.95. The van der Waals surface area contributed by atoms with Crippen LogP contribution in [0.2, 0.25) is 0 Å². The van der Waals surface area contributed by atoms with Gasteiger partial charge in [0, 0.05) is 39.1 Å². The lowest BCUT2D eigenvalue weighted by Crippen LogP contribution is -2.50. The summed E-state index contributed by atoms with van der Waals surface area (Å²) < 4.78 is 13.1. The monoisotopic (exact) mass is 380 g/mol. The van der Waals surface area contributed by atoms with Gasteiger partial charge in [0.05, 0.1) is 24.4 Å². The summed E-state index contributed by atoms with van der Waals surface area (Å²) in [6.07, 6.45) is 6.21. The molecule has 0 saturated carbocycles. The quantitative estimate of drug-likeness (QED) is 0.782. The average molecular weight is 380 g/mol. The van der Waals surface area contributed by atoms with Crippen LogP contribution in [0.3, 0.4) is 0 Å². The van der Waals surface area contributed by atoms with Gasteiger partial charge in [-0.15, -0.1) is 0 Å². The van der Waals surface area contributed by atoms with E-state index in [0.29, 0.717) is 19.6 Å². The fraction of sp³-hybridized carbons (Fsp3) is 0.737. The molecule has 27 heavy (non-hydrogen) atoms. The average Bonchev–Trinajstić information content (AvgIpc) is 3.25. The number of methoxy groups -OCH3 is 1. The topological polar surface area (TPSA) is 85.7 Å². The van der Waals surface area contributed by atoms with Crippen molar-refractivity contribution in [3.63, 3.8) is 0 Å². The van der Waals surface area contributed by atoms with E-state index < -0.39 is 5.60 Å². The molecule has 8 nitrogen and oxygen atoms in total. The smallest absolute Gasteiger partial charge is 0.410 e. The number of amides is 2. The second-order valence-electron chi connectivity index (χ2n) is 7.96. The van der Waals surface area contributed by atoms with Crippen molar-refractivity contribution >= 4 is 12.0 Å². The fourth-order valence-corrected chi connectivity index (χ4v) is 3.41. The number of carbonyl (C=O) groups is 2. The molecule has 3 atom stereocenters. The number of imidazole rings is 1. The van der Waals surface area contributed by atoms with E-state index in [4.69, 9.17) is 9.47 Å². The van der Waals surface area contributed by atoms with Crippen molar-refractivity contribution < 1.29 is 19.1 Å². The van der Waals surface area contributed by atoms with Gasteiger partial charge in [-0.2, -0.15) is 0 Å². The standard InChI is InChI=1S/C19H32N4O4/c1-14(17(24)21-9-12-22-11-8-20-13-22)16(26-5)15-7-6-10-23(15)18(25)27-19(2,3)4/h8,11,13-16H,6-7,9-10,12H2,1-5H3,(H,21,24)/t14-,15+,16-/m1/s1. The van der Waals surface area contributed by atoms with E-state index in [-0.39, 0.29) is 30.1 Å². The summed E-state index contributed by atoms with van der Waals surface area (Å²) in [6, 6.07) is -0.167. The minimum atomic E-state index is -0.552. The van der Waals surface area contributed by atoms with Crippen LogP contribution in [-0.4, -0.2) is 64.4 Å². The van der Waals surface area contributed by atoms with Gasteiger partial charge in [0.1, 0.15) is 5.60 Å². The summed E-state index contributed by atoms with van der Waals surface area (Å²) in [4.78, 5) is 30.8. The Bertz CT molecular complexity index is 612. The molecule has 1 fully saturated rings. The highest BCUT2D eigenvalue weighted by Gasteiger charge is 2.41. The van der Waals surface area contributed by atoms with Crippen LogP contribution in [0.4, 0.5) is 4.79 Å². The number of carbonyl (C=O) groups excluding carboxylic acids is 2. The normalized spacial score (nSPS) is 19.6. The predicted octanol–water partition coefficient (Wildman–Crippen LogP) is 2.05. The Kier molecular flexibility index (Phi) is 7.24. The summed E-state index contributed by atoms with van der Waals surface area (Å²) >= 11 is 0. The molecule has 2 amide bonds. The molecule has 1 N–H and O–H groups in total. The highest BCUT2D eigenvalue weighted by atomic mass is 16.6. The lowest BCUT2D eigenvalue weighted by molar-refractivity contribution is -0.130. The Labute approximate surface area is 161 Å². The van der Waals surface area contributed by atoms with Crippen LogP contribution in [0.15, 0.2) is 18.7 Å². The maximum atomic E-state index is 12.6. The molecule has 1 aromatic heterocycles. The summed E-state index contributed by atoms with van der Waals surface area (Å²) in [7, 11) is 1.59. The molecule has 0 bridgehead atoms. The van der Waals surface area contributed by atoms with Gasteiger partial charge in [0.15, 0.2) is 0 Å². The van der Waals surface area contributed by atoms with Crippen LogP contribution < -0.4 is 5.32 Å². The molecular weight excluding hydrogens is 348 g/mol. The van der Waals surface area contributed by atoms with Crippen molar-refractivity contribution in [3.05, 3.63) is 18.7 Å². The van der Waals surface area contributed by atoms with Crippen molar-refractivity contribution in [1.29, 1.82) is 0 Å². The Morgan fingerprint density at radius 2 is 2.11 bits per heavy atom. The first-order chi connectivity index (χ1) is 12.7. The van der Waals surface area contributed by atoms with Crippen LogP contribution in [0.25, 0.3) is 0 Å². The fourth-order valence-electron chi connectivity index (χ4n) is 3.41. The molecule has 0 aliphatic carbocycles. The van der Waals surface area contributed by atoms with Crippen LogP contribution in [0.5, 0.6) is 0 Å². The van der Waals surface area contributed by atoms with Crippen molar-refractivity contribution in [2.24, 2.45) is 5.92 Å². The summed E-state index contributed by atoms with van der Waals surface area (Å²) in [6.45, 7) is 9.17. The summed E-state index contributed by atoms with van der Waals surface area (Å²) in [5.74, 6) is -0.469. The summed E-state index contributed by atoms with van der Waals surface area (Å²) in [5, 5.41) is 2.94. The number of hydrogen-bond donors (Lipinski definition) is 1. The second kappa shape index (κ2) is 9.21. The van der Waals surface area contributed by atoms with E-state index in [1.807, 2.05) is 38.5 Å². The zero-order valence-corrected chi connectivity index (χ0v) is 17.0. The highest BCUT2D eigenvalue weighted by Crippen LogP contribution is 2.28. The third kappa shape index (κ3) is 5.95. The van der Waals surface area contributed by atoms with Crippen molar-refractivity contribution in [3.8, 4) is 0 Å². The van der Waals surface area contributed by atoms with Gasteiger partial charge in [-0.25, -0.2) is 9.78 Å². The predicted molar refractivity (Wildman–Crippen MR) is 101 cm³/mol. The third-order valence-electron chi connectivity index (χ3n) is 4.71. The van der Waals surface area contributed by atoms with Gasteiger partial charge in [-0.3, -0.25) is 4.79 Å². The van der Waals surface area contributed by atoms with Gasteiger partial charge in [-0.1, -0.05) is 6.92 Å². The molecule has 1 saturated heterocycles. The molecule has 0 unspecified atom stereocenters. The van der Waals surface area contributed by atoms with Gasteiger partial charge in [0.2, 0.25) is 5.91 Å². The Hall–Kier alpha value is -2.09. The molecule has 152 valence electrons. The number of likely N-dealkylation sites (tertiary alicyclic amines) is 1. The highest BCUT2D eigenvalue weighted by molar-refractivity contribution is 5.79. The molecular formula is C19H32N4O4. The van der Waals surface area contributed by atoms with Crippen LogP contribution in [0, 0.1) is 5.92 Å². The molecule has 1 aliphatic heterocycles. The Morgan fingerprint density at radius 3 is 2.70 bits per heavy atom. The minimum Gasteiger partial charge on any atom is -0.444 e. The zero-order valence-electron chi connectivity index (χ0n) is 17.0. The third-order valence-corrected chi connectivity index (χ3v) is 4.71. The number of nitrogens with zero attached hydrogens (tertiary/aromatic N) is 3. The lowest BCUT2D eigenvalue weighted by Gasteiger charge is -2.34. The summed E-state index contributed by atoms with van der Waals surface area (Å²) in [5.41, 5.74) is -0.552. The SMILES string of the molecule is CO[C@H]([C@@H](C)C(=O)NCCn1ccnc1)[C@@H]1CCCN1C(=O)OC(C)(C)C. The maximum Gasteiger partial charge on any atom is 0.410 e. The second-order valence-corrected chi connectivity index (χ2v) is 7.96. The number of aromatic nitrogens is 2. The first-order valence-corrected chi connectivity index (χ1v) is 9.49. The maximum absolute atomic E-state index is 12.6. The molecule has 1 aromatic rings. The van der Waals surface area contributed by atoms with E-state index in [1.54, 1.807) is 24.5 Å². The first kappa shape index (κ1) is 21.2. The number of rotatable bonds is 7. The van der Waals surface area contributed by atoms with E-state index >= 15 is 0 Å². The van der Waals surface area contributed by atoms with Crippen molar-refractivity contribution in [1.82, 2.24) is 19.8 Å². The molecule has 2 rings (SSSR count). The zero-order chi connectivity index (χ0) is 20.0. The first-order valence-electron chi connectivity index (χ1n) is 9.49.